The average Bonchev–Trinajstić information content (AvgIpc) is 2.85. The Morgan fingerprint density at radius 3 is 2.38 bits per heavy atom. The van der Waals surface area contributed by atoms with Crippen molar-refractivity contribution in [2.75, 3.05) is 0 Å². The number of imide groups is 1. The number of fused-ring (bicyclic) bond motifs is 1. The van der Waals surface area contributed by atoms with Gasteiger partial charge in [0.1, 0.15) is 11.9 Å². The highest BCUT2D eigenvalue weighted by Gasteiger charge is 2.49. The number of hydrogen-bond acceptors (Lipinski definition) is 3. The molecular formula is C18H19FN2O3. The van der Waals surface area contributed by atoms with Gasteiger partial charge in [0.05, 0.1) is 11.8 Å². The van der Waals surface area contributed by atoms with Gasteiger partial charge in [-0.3, -0.25) is 19.3 Å². The first-order valence-corrected chi connectivity index (χ1v) is 8.03. The third-order valence-electron chi connectivity index (χ3n) is 4.72. The lowest BCUT2D eigenvalue weighted by atomic mass is 9.85. The Labute approximate surface area is 139 Å². The summed E-state index contributed by atoms with van der Waals surface area (Å²) in [5.74, 6) is -2.16. The normalized spacial score (nSPS) is 24.0. The van der Waals surface area contributed by atoms with Gasteiger partial charge in [-0.1, -0.05) is 30.4 Å². The smallest absolute Gasteiger partial charge is 0.243 e. The summed E-state index contributed by atoms with van der Waals surface area (Å²) in [6, 6.07) is 5.24. The van der Waals surface area contributed by atoms with E-state index in [2.05, 4.69) is 5.32 Å². The number of carbonyl (C=O) groups excluding carboxylic acids is 3. The van der Waals surface area contributed by atoms with Crippen LogP contribution >= 0.6 is 0 Å². The molecular weight excluding hydrogens is 311 g/mol. The molecule has 0 saturated carbocycles. The van der Waals surface area contributed by atoms with Gasteiger partial charge in [0, 0.05) is 12.1 Å². The molecule has 3 amide bonds. The van der Waals surface area contributed by atoms with Crippen LogP contribution in [-0.4, -0.2) is 28.7 Å². The number of nitrogens with one attached hydrogen (secondary N) is 1. The van der Waals surface area contributed by atoms with E-state index in [0.29, 0.717) is 18.4 Å². The lowest BCUT2D eigenvalue weighted by molar-refractivity contribution is -0.147. The van der Waals surface area contributed by atoms with Crippen molar-refractivity contribution >= 4 is 17.7 Å². The van der Waals surface area contributed by atoms with Gasteiger partial charge in [0.15, 0.2) is 0 Å². The lowest BCUT2D eigenvalue weighted by Crippen LogP contribution is -2.48. The first-order valence-electron chi connectivity index (χ1n) is 8.03. The molecule has 24 heavy (non-hydrogen) atoms. The molecule has 0 bridgehead atoms. The van der Waals surface area contributed by atoms with Crippen molar-refractivity contribution in [3.63, 3.8) is 0 Å². The lowest BCUT2D eigenvalue weighted by Gasteiger charge is -2.22. The predicted octanol–water partition coefficient (Wildman–Crippen LogP) is 1.78. The highest BCUT2D eigenvalue weighted by atomic mass is 19.1. The summed E-state index contributed by atoms with van der Waals surface area (Å²) >= 11 is 0. The molecule has 1 aromatic carbocycles. The van der Waals surface area contributed by atoms with Gasteiger partial charge < -0.3 is 5.32 Å². The number of benzene rings is 1. The van der Waals surface area contributed by atoms with Crippen molar-refractivity contribution in [3.05, 3.63) is 47.8 Å². The molecule has 0 spiro atoms. The third-order valence-corrected chi connectivity index (χ3v) is 4.72. The molecule has 1 aliphatic carbocycles. The first kappa shape index (κ1) is 16.4. The zero-order valence-electron chi connectivity index (χ0n) is 13.4. The third kappa shape index (κ3) is 2.84. The number of allylic oxidation sites excluding steroid dienone is 2. The van der Waals surface area contributed by atoms with Crippen LogP contribution in [0.25, 0.3) is 0 Å². The summed E-state index contributed by atoms with van der Waals surface area (Å²) in [7, 11) is 0. The van der Waals surface area contributed by atoms with Gasteiger partial charge in [-0.2, -0.15) is 0 Å². The molecule has 1 fully saturated rings. The van der Waals surface area contributed by atoms with Crippen LogP contribution in [0.1, 0.15) is 25.3 Å². The molecule has 1 aliphatic heterocycles. The van der Waals surface area contributed by atoms with Gasteiger partial charge in [-0.05, 0) is 25.8 Å². The van der Waals surface area contributed by atoms with E-state index >= 15 is 0 Å². The molecule has 126 valence electrons. The van der Waals surface area contributed by atoms with Gasteiger partial charge in [0.2, 0.25) is 17.7 Å². The quantitative estimate of drug-likeness (QED) is 0.676. The first-order chi connectivity index (χ1) is 11.5. The zero-order valence-corrected chi connectivity index (χ0v) is 13.4. The SMILES string of the molecule is C[C@@H](C(=O)NCc1ccccc1F)N1C(=O)[C@H]2CC=CC[C@H]2C1=O. The van der Waals surface area contributed by atoms with Crippen LogP contribution in [0.5, 0.6) is 0 Å². The van der Waals surface area contributed by atoms with Crippen molar-refractivity contribution in [1.29, 1.82) is 0 Å². The van der Waals surface area contributed by atoms with Gasteiger partial charge in [0.25, 0.3) is 0 Å². The molecule has 2 aliphatic rings. The van der Waals surface area contributed by atoms with Crippen molar-refractivity contribution in [1.82, 2.24) is 10.2 Å². The van der Waals surface area contributed by atoms with Crippen LogP contribution in [0.2, 0.25) is 0 Å². The molecule has 1 N–H and O–H groups in total. The molecule has 1 saturated heterocycles. The van der Waals surface area contributed by atoms with E-state index in [1.54, 1.807) is 18.2 Å². The number of nitrogens with zero attached hydrogens (tertiary/aromatic N) is 1. The highest BCUT2D eigenvalue weighted by Crippen LogP contribution is 2.36. The van der Waals surface area contributed by atoms with Crippen LogP contribution in [0.4, 0.5) is 4.39 Å². The van der Waals surface area contributed by atoms with E-state index in [-0.39, 0.29) is 30.2 Å². The van der Waals surface area contributed by atoms with Crippen LogP contribution in [0, 0.1) is 17.7 Å². The molecule has 0 unspecified atom stereocenters. The number of likely N-dealkylation sites (tertiary alicyclic amines) is 1. The highest BCUT2D eigenvalue weighted by molar-refractivity contribution is 6.08. The fourth-order valence-electron chi connectivity index (χ4n) is 3.30. The Balaban J connectivity index is 1.66. The monoisotopic (exact) mass is 330 g/mol. The summed E-state index contributed by atoms with van der Waals surface area (Å²) in [6.45, 7) is 1.54. The van der Waals surface area contributed by atoms with Crippen molar-refractivity contribution < 1.29 is 18.8 Å². The van der Waals surface area contributed by atoms with Crippen LogP contribution in [-0.2, 0) is 20.9 Å². The van der Waals surface area contributed by atoms with Crippen molar-refractivity contribution in [2.24, 2.45) is 11.8 Å². The second-order valence-corrected chi connectivity index (χ2v) is 6.19. The molecule has 5 nitrogen and oxygen atoms in total. The van der Waals surface area contributed by atoms with Crippen molar-refractivity contribution in [3.8, 4) is 0 Å². The molecule has 0 aromatic heterocycles. The maximum Gasteiger partial charge on any atom is 0.243 e. The molecule has 3 rings (SSSR count). The average molecular weight is 330 g/mol. The Morgan fingerprint density at radius 1 is 1.21 bits per heavy atom. The molecule has 6 heteroatoms. The predicted molar refractivity (Wildman–Crippen MR) is 84.9 cm³/mol. The largest absolute Gasteiger partial charge is 0.350 e. The molecule has 1 aromatic rings. The standard InChI is InChI=1S/C18H19FN2O3/c1-11(16(22)20-10-12-6-2-5-9-15(12)19)21-17(23)13-7-3-4-8-14(13)18(21)24/h2-6,9,11,13-14H,7-8,10H2,1H3,(H,20,22)/t11-,13-,14+/m0/s1. The summed E-state index contributed by atoms with van der Waals surface area (Å²) in [4.78, 5) is 38.3. The molecule has 1 heterocycles. The summed E-state index contributed by atoms with van der Waals surface area (Å²) < 4.78 is 13.6. The Bertz CT molecular complexity index is 690. The number of halogens is 1. The maximum atomic E-state index is 13.6. The Kier molecular flexibility index (Phi) is 4.46. The van der Waals surface area contributed by atoms with Crippen LogP contribution in [0.3, 0.4) is 0 Å². The number of rotatable bonds is 4. The fourth-order valence-corrected chi connectivity index (χ4v) is 3.30. The van der Waals surface area contributed by atoms with Gasteiger partial charge in [-0.25, -0.2) is 4.39 Å². The van der Waals surface area contributed by atoms with E-state index in [1.165, 1.54) is 13.0 Å². The van der Waals surface area contributed by atoms with Crippen molar-refractivity contribution in [2.45, 2.75) is 32.4 Å². The minimum atomic E-state index is -0.901. The summed E-state index contributed by atoms with van der Waals surface area (Å²) in [5.41, 5.74) is 0.356. The van der Waals surface area contributed by atoms with E-state index < -0.39 is 17.8 Å². The number of amides is 3. The maximum absolute atomic E-state index is 13.6. The van der Waals surface area contributed by atoms with E-state index in [4.69, 9.17) is 0 Å². The topological polar surface area (TPSA) is 66.5 Å². The van der Waals surface area contributed by atoms with Gasteiger partial charge >= 0.3 is 0 Å². The molecule has 0 radical (unpaired) electrons. The second-order valence-electron chi connectivity index (χ2n) is 6.19. The van der Waals surface area contributed by atoms with E-state index in [1.807, 2.05) is 12.2 Å². The van der Waals surface area contributed by atoms with E-state index in [9.17, 15) is 18.8 Å². The minimum absolute atomic E-state index is 0.0144. The van der Waals surface area contributed by atoms with Crippen LogP contribution in [0.15, 0.2) is 36.4 Å². The second kappa shape index (κ2) is 6.55. The Hall–Kier alpha value is -2.50. The summed E-state index contributed by atoms with van der Waals surface area (Å²) in [6.07, 6.45) is 4.88. The number of carbonyl (C=O) groups is 3. The fraction of sp³-hybridized carbons (Fsp3) is 0.389. The summed E-state index contributed by atoms with van der Waals surface area (Å²) in [5, 5.41) is 2.60. The van der Waals surface area contributed by atoms with Gasteiger partial charge in [-0.15, -0.1) is 0 Å². The van der Waals surface area contributed by atoms with E-state index in [0.717, 1.165) is 4.90 Å². The zero-order chi connectivity index (χ0) is 17.3. The Morgan fingerprint density at radius 2 is 1.79 bits per heavy atom. The molecule has 3 atom stereocenters. The number of hydrogen-bond donors (Lipinski definition) is 1. The minimum Gasteiger partial charge on any atom is -0.350 e. The van der Waals surface area contributed by atoms with Crippen LogP contribution < -0.4 is 5.32 Å².